The van der Waals surface area contributed by atoms with Crippen molar-refractivity contribution in [3.05, 3.63) is 64.6 Å². The van der Waals surface area contributed by atoms with E-state index in [-0.39, 0.29) is 5.41 Å². The molecule has 17 heavy (non-hydrogen) atoms. The number of benzene rings is 1. The normalized spacial score (nSPS) is 20.8. The third-order valence-corrected chi connectivity index (χ3v) is 4.45. The van der Waals surface area contributed by atoms with Crippen molar-refractivity contribution in [2.75, 3.05) is 0 Å². The van der Waals surface area contributed by atoms with E-state index in [2.05, 4.69) is 62.4 Å². The molecule has 86 valence electrons. The van der Waals surface area contributed by atoms with Crippen LogP contribution in [0.1, 0.15) is 19.4 Å². The summed E-state index contributed by atoms with van der Waals surface area (Å²) in [6.45, 7) is 4.52. The molecular weight excluding hydrogens is 224 g/mol. The Morgan fingerprint density at radius 3 is 2.88 bits per heavy atom. The van der Waals surface area contributed by atoms with Crippen molar-refractivity contribution in [3.63, 3.8) is 0 Å². The van der Waals surface area contributed by atoms with Crippen molar-refractivity contribution >= 4 is 11.8 Å². The molecule has 1 heteroatoms. The highest BCUT2D eigenvalue weighted by atomic mass is 32.2. The summed E-state index contributed by atoms with van der Waals surface area (Å²) in [5.74, 6) is 0. The Labute approximate surface area is 107 Å². The topological polar surface area (TPSA) is 0 Å². The average molecular weight is 240 g/mol. The Balaban J connectivity index is 2.08. The number of allylic oxidation sites excluding steroid dienone is 5. The van der Waals surface area contributed by atoms with Gasteiger partial charge in [0, 0.05) is 15.2 Å². The molecule has 0 saturated carbocycles. The fourth-order valence-electron chi connectivity index (χ4n) is 2.37. The first-order valence-electron chi connectivity index (χ1n) is 6.01. The molecule has 3 rings (SSSR count). The molecule has 0 N–H and O–H groups in total. The summed E-state index contributed by atoms with van der Waals surface area (Å²) in [4.78, 5) is 2.81. The maximum atomic E-state index is 2.41. The minimum absolute atomic E-state index is 0.167. The monoisotopic (exact) mass is 240 g/mol. The van der Waals surface area contributed by atoms with E-state index in [9.17, 15) is 0 Å². The summed E-state index contributed by atoms with van der Waals surface area (Å²) in [5.41, 5.74) is 3.10. The highest BCUT2D eigenvalue weighted by Crippen LogP contribution is 2.43. The van der Waals surface area contributed by atoms with Crippen molar-refractivity contribution in [2.45, 2.75) is 25.2 Å². The third kappa shape index (κ3) is 2.12. The van der Waals surface area contributed by atoms with Crippen molar-refractivity contribution in [1.82, 2.24) is 0 Å². The Bertz CT molecular complexity index is 544. The number of rotatable bonds is 0. The Morgan fingerprint density at radius 2 is 2.00 bits per heavy atom. The summed E-state index contributed by atoms with van der Waals surface area (Å²) < 4.78 is 0. The van der Waals surface area contributed by atoms with Gasteiger partial charge in [0.2, 0.25) is 0 Å². The molecule has 0 nitrogen and oxygen atoms in total. The van der Waals surface area contributed by atoms with Crippen LogP contribution in [0.25, 0.3) is 0 Å². The van der Waals surface area contributed by atoms with Gasteiger partial charge in [0.15, 0.2) is 0 Å². The average Bonchev–Trinajstić information content (AvgIpc) is 2.42. The van der Waals surface area contributed by atoms with Crippen LogP contribution in [0.15, 0.2) is 63.9 Å². The van der Waals surface area contributed by atoms with E-state index in [0.29, 0.717) is 0 Å². The van der Waals surface area contributed by atoms with E-state index < -0.39 is 0 Å². The molecule has 1 aromatic carbocycles. The van der Waals surface area contributed by atoms with Crippen LogP contribution in [0.2, 0.25) is 0 Å². The van der Waals surface area contributed by atoms with Crippen LogP contribution in [-0.4, -0.2) is 0 Å². The summed E-state index contributed by atoms with van der Waals surface area (Å²) in [6, 6.07) is 8.72. The van der Waals surface area contributed by atoms with Crippen molar-refractivity contribution in [1.29, 1.82) is 0 Å². The van der Waals surface area contributed by atoms with Crippen molar-refractivity contribution in [3.8, 4) is 0 Å². The first-order valence-corrected chi connectivity index (χ1v) is 6.83. The van der Waals surface area contributed by atoms with Gasteiger partial charge in [0.25, 0.3) is 0 Å². The molecular formula is C16H16S. The molecule has 0 amide bonds. The molecule has 1 aliphatic carbocycles. The van der Waals surface area contributed by atoms with E-state index >= 15 is 0 Å². The van der Waals surface area contributed by atoms with Crippen molar-refractivity contribution in [2.24, 2.45) is 5.41 Å². The molecule has 1 aliphatic heterocycles. The lowest BCUT2D eigenvalue weighted by atomic mass is 9.89. The van der Waals surface area contributed by atoms with Gasteiger partial charge >= 0.3 is 0 Å². The predicted molar refractivity (Wildman–Crippen MR) is 75.1 cm³/mol. The maximum absolute atomic E-state index is 2.41. The SMILES string of the molecule is CC1(C)C=CC=C2Sc3ccccc3CC2=C1. The summed E-state index contributed by atoms with van der Waals surface area (Å²) in [5, 5.41) is 0. The van der Waals surface area contributed by atoms with Crippen LogP contribution in [0.3, 0.4) is 0 Å². The fourth-order valence-corrected chi connectivity index (χ4v) is 3.43. The van der Waals surface area contributed by atoms with Crippen LogP contribution >= 0.6 is 11.8 Å². The molecule has 0 aromatic heterocycles. The first kappa shape index (κ1) is 10.9. The minimum Gasteiger partial charge on any atom is -0.0895 e. The second kappa shape index (κ2) is 3.92. The predicted octanol–water partition coefficient (Wildman–Crippen LogP) is 4.74. The molecule has 0 atom stereocenters. The van der Waals surface area contributed by atoms with Crippen molar-refractivity contribution < 1.29 is 0 Å². The zero-order valence-corrected chi connectivity index (χ0v) is 11.1. The lowest BCUT2D eigenvalue weighted by Gasteiger charge is -2.23. The number of hydrogen-bond acceptors (Lipinski definition) is 1. The lowest BCUT2D eigenvalue weighted by Crippen LogP contribution is -2.07. The molecule has 0 fully saturated rings. The van der Waals surface area contributed by atoms with E-state index in [1.807, 2.05) is 11.8 Å². The number of thioether (sulfide) groups is 1. The van der Waals surface area contributed by atoms with Crippen LogP contribution < -0.4 is 0 Å². The van der Waals surface area contributed by atoms with Crippen LogP contribution in [-0.2, 0) is 6.42 Å². The molecule has 0 bridgehead atoms. The van der Waals surface area contributed by atoms with Gasteiger partial charge in [0.1, 0.15) is 0 Å². The lowest BCUT2D eigenvalue weighted by molar-refractivity contribution is 0.621. The standard InChI is InChI=1S/C16H16S/c1-16(2)9-5-8-15-13(11-16)10-12-6-3-4-7-14(12)17-15/h3-9,11H,10H2,1-2H3. The first-order chi connectivity index (χ1) is 8.14. The second-order valence-corrected chi connectivity index (χ2v) is 6.35. The zero-order chi connectivity index (χ0) is 11.9. The summed E-state index contributed by atoms with van der Waals surface area (Å²) >= 11 is 1.90. The Kier molecular flexibility index (Phi) is 2.52. The quantitative estimate of drug-likeness (QED) is 0.631. The van der Waals surface area contributed by atoms with Gasteiger partial charge in [0.05, 0.1) is 0 Å². The minimum atomic E-state index is 0.167. The van der Waals surface area contributed by atoms with Crippen LogP contribution in [0.5, 0.6) is 0 Å². The van der Waals surface area contributed by atoms with Gasteiger partial charge in [-0.05, 0) is 29.7 Å². The highest BCUT2D eigenvalue weighted by Gasteiger charge is 2.22. The van der Waals surface area contributed by atoms with E-state index in [1.165, 1.54) is 20.9 Å². The van der Waals surface area contributed by atoms with Gasteiger partial charge in [-0.25, -0.2) is 0 Å². The van der Waals surface area contributed by atoms with E-state index in [1.54, 1.807) is 0 Å². The van der Waals surface area contributed by atoms with Gasteiger partial charge in [-0.2, -0.15) is 0 Å². The number of fused-ring (bicyclic) bond motifs is 2. The summed E-state index contributed by atoms with van der Waals surface area (Å²) in [7, 11) is 0. The Hall–Kier alpha value is -1.21. The van der Waals surface area contributed by atoms with Gasteiger partial charge in [-0.15, -0.1) is 0 Å². The van der Waals surface area contributed by atoms with Gasteiger partial charge in [-0.3, -0.25) is 0 Å². The van der Waals surface area contributed by atoms with E-state index in [4.69, 9.17) is 0 Å². The Morgan fingerprint density at radius 1 is 1.18 bits per heavy atom. The molecule has 0 saturated heterocycles. The number of hydrogen-bond donors (Lipinski definition) is 0. The largest absolute Gasteiger partial charge is 0.0895 e. The fraction of sp³-hybridized carbons (Fsp3) is 0.250. The molecule has 1 heterocycles. The molecule has 0 unspecified atom stereocenters. The van der Waals surface area contributed by atoms with Crippen LogP contribution in [0.4, 0.5) is 0 Å². The molecule has 0 spiro atoms. The smallest absolute Gasteiger partial charge is 0.0157 e. The maximum Gasteiger partial charge on any atom is 0.0157 e. The zero-order valence-electron chi connectivity index (χ0n) is 10.2. The van der Waals surface area contributed by atoms with E-state index in [0.717, 1.165) is 6.42 Å². The molecule has 0 radical (unpaired) electrons. The van der Waals surface area contributed by atoms with Gasteiger partial charge < -0.3 is 0 Å². The van der Waals surface area contributed by atoms with Crippen LogP contribution in [0, 0.1) is 5.41 Å². The van der Waals surface area contributed by atoms with Gasteiger partial charge in [-0.1, -0.05) is 62.0 Å². The molecule has 2 aliphatic rings. The third-order valence-electron chi connectivity index (χ3n) is 3.21. The summed E-state index contributed by atoms with van der Waals surface area (Å²) in [6.07, 6.45) is 10.2. The molecule has 1 aromatic rings. The highest BCUT2D eigenvalue weighted by molar-refractivity contribution is 8.03. The second-order valence-electron chi connectivity index (χ2n) is 5.27.